The van der Waals surface area contributed by atoms with Crippen molar-refractivity contribution in [1.29, 1.82) is 0 Å². The first-order valence-electron chi connectivity index (χ1n) is 7.99. The van der Waals surface area contributed by atoms with Gasteiger partial charge in [-0.3, -0.25) is 0 Å². The van der Waals surface area contributed by atoms with Gasteiger partial charge in [-0.25, -0.2) is 0 Å². The third-order valence-corrected chi connectivity index (χ3v) is 4.92. The molecule has 2 saturated heterocycles. The Kier molecular flexibility index (Phi) is 5.93. The van der Waals surface area contributed by atoms with E-state index in [1.165, 1.54) is 78.2 Å². The minimum atomic E-state index is 0.997. The maximum Gasteiger partial charge on any atom is 0.0110 e. The van der Waals surface area contributed by atoms with E-state index in [9.17, 15) is 0 Å². The van der Waals surface area contributed by atoms with Crippen LogP contribution in [0, 0.1) is 5.92 Å². The molecule has 2 fully saturated rings. The van der Waals surface area contributed by atoms with Crippen LogP contribution in [0.1, 0.15) is 33.1 Å². The Balaban J connectivity index is 1.58. The smallest absolute Gasteiger partial charge is 0.0110 e. The molecule has 3 heteroatoms. The van der Waals surface area contributed by atoms with Crippen LogP contribution in [0.25, 0.3) is 0 Å². The lowest BCUT2D eigenvalue weighted by Gasteiger charge is -2.36. The number of nitrogens with zero attached hydrogens (tertiary/aromatic N) is 3. The van der Waals surface area contributed by atoms with Crippen LogP contribution in [0.5, 0.6) is 0 Å². The van der Waals surface area contributed by atoms with Gasteiger partial charge in [-0.1, -0.05) is 13.8 Å². The highest BCUT2D eigenvalue weighted by Crippen LogP contribution is 2.20. The van der Waals surface area contributed by atoms with Gasteiger partial charge in [-0.15, -0.1) is 0 Å². The minimum absolute atomic E-state index is 0.997. The molecule has 0 aromatic carbocycles. The summed E-state index contributed by atoms with van der Waals surface area (Å²) in [6.45, 7) is 16.2. The third kappa shape index (κ3) is 4.22. The third-order valence-electron chi connectivity index (χ3n) is 4.92. The molecule has 0 unspecified atom stereocenters. The topological polar surface area (TPSA) is 9.72 Å². The van der Waals surface area contributed by atoms with Gasteiger partial charge in [0.1, 0.15) is 0 Å². The van der Waals surface area contributed by atoms with Crippen molar-refractivity contribution in [2.45, 2.75) is 33.1 Å². The Hall–Kier alpha value is -0.120. The van der Waals surface area contributed by atoms with E-state index in [1.807, 2.05) is 0 Å². The van der Waals surface area contributed by atoms with E-state index in [4.69, 9.17) is 0 Å². The summed E-state index contributed by atoms with van der Waals surface area (Å²) in [6, 6.07) is 0. The van der Waals surface area contributed by atoms with E-state index in [-0.39, 0.29) is 0 Å². The van der Waals surface area contributed by atoms with Crippen LogP contribution in [0.2, 0.25) is 0 Å². The molecular formula is C15H31N3. The molecule has 0 aromatic heterocycles. The number of rotatable bonds is 5. The molecule has 0 N–H and O–H groups in total. The molecule has 0 radical (unpaired) electrons. The minimum Gasteiger partial charge on any atom is -0.304 e. The number of hydrogen-bond acceptors (Lipinski definition) is 3. The Bertz CT molecular complexity index is 192. The lowest BCUT2D eigenvalue weighted by atomic mass is 9.93. The van der Waals surface area contributed by atoms with Crippen LogP contribution in [-0.4, -0.2) is 73.6 Å². The predicted octanol–water partition coefficient (Wildman–Crippen LogP) is 1.75. The van der Waals surface area contributed by atoms with E-state index in [0.717, 1.165) is 5.92 Å². The van der Waals surface area contributed by atoms with Crippen molar-refractivity contribution in [3.63, 3.8) is 0 Å². The van der Waals surface area contributed by atoms with Crippen molar-refractivity contribution < 1.29 is 0 Å². The standard InChI is InChI=1S/C15H31N3/c1-3-16-8-5-15(6-9-16)7-10-18-13-11-17(4-2)12-14-18/h15H,3-14H2,1-2H3. The molecule has 0 saturated carbocycles. The highest BCUT2D eigenvalue weighted by molar-refractivity contribution is 4.75. The molecule has 0 amide bonds. The largest absolute Gasteiger partial charge is 0.304 e. The van der Waals surface area contributed by atoms with Gasteiger partial charge in [0, 0.05) is 26.2 Å². The van der Waals surface area contributed by atoms with Crippen LogP contribution in [0.15, 0.2) is 0 Å². The van der Waals surface area contributed by atoms with Crippen molar-refractivity contribution in [2.75, 3.05) is 58.9 Å². The summed E-state index contributed by atoms with van der Waals surface area (Å²) in [6.07, 6.45) is 4.30. The SMILES string of the molecule is CCN1CCC(CCN2CCN(CC)CC2)CC1. The molecule has 106 valence electrons. The maximum atomic E-state index is 2.68. The van der Waals surface area contributed by atoms with Gasteiger partial charge in [0.25, 0.3) is 0 Å². The van der Waals surface area contributed by atoms with Crippen LogP contribution in [0.4, 0.5) is 0 Å². The van der Waals surface area contributed by atoms with E-state index < -0.39 is 0 Å². The summed E-state index contributed by atoms with van der Waals surface area (Å²) in [7, 11) is 0. The Morgan fingerprint density at radius 1 is 0.722 bits per heavy atom. The zero-order valence-corrected chi connectivity index (χ0v) is 12.4. The number of likely N-dealkylation sites (tertiary alicyclic amines) is 1. The molecule has 18 heavy (non-hydrogen) atoms. The van der Waals surface area contributed by atoms with E-state index in [2.05, 4.69) is 28.5 Å². The van der Waals surface area contributed by atoms with Crippen molar-refractivity contribution >= 4 is 0 Å². The molecule has 0 bridgehead atoms. The molecule has 0 aliphatic carbocycles. The van der Waals surface area contributed by atoms with Crippen LogP contribution < -0.4 is 0 Å². The second-order valence-corrected chi connectivity index (χ2v) is 5.94. The molecule has 2 heterocycles. The first kappa shape index (κ1) is 14.3. The molecule has 0 spiro atoms. The van der Waals surface area contributed by atoms with Crippen molar-refractivity contribution in [1.82, 2.24) is 14.7 Å². The zero-order chi connectivity index (χ0) is 12.8. The van der Waals surface area contributed by atoms with Crippen LogP contribution in [-0.2, 0) is 0 Å². The number of hydrogen-bond donors (Lipinski definition) is 0. The van der Waals surface area contributed by atoms with Crippen LogP contribution >= 0.6 is 0 Å². The molecule has 0 aromatic rings. The van der Waals surface area contributed by atoms with Crippen LogP contribution in [0.3, 0.4) is 0 Å². The second kappa shape index (κ2) is 7.46. The summed E-state index contributed by atoms with van der Waals surface area (Å²) in [5.41, 5.74) is 0. The zero-order valence-electron chi connectivity index (χ0n) is 12.4. The van der Waals surface area contributed by atoms with Gasteiger partial charge < -0.3 is 14.7 Å². The molecule has 2 rings (SSSR count). The summed E-state index contributed by atoms with van der Waals surface area (Å²) in [5, 5.41) is 0. The first-order chi connectivity index (χ1) is 8.81. The fraction of sp³-hybridized carbons (Fsp3) is 1.00. The molecular weight excluding hydrogens is 222 g/mol. The highest BCUT2D eigenvalue weighted by atomic mass is 15.3. The Labute approximate surface area is 113 Å². The van der Waals surface area contributed by atoms with Gasteiger partial charge in [0.05, 0.1) is 0 Å². The summed E-state index contributed by atoms with van der Waals surface area (Å²) < 4.78 is 0. The highest BCUT2D eigenvalue weighted by Gasteiger charge is 2.20. The Morgan fingerprint density at radius 2 is 1.22 bits per heavy atom. The number of piperazine rings is 1. The number of piperidine rings is 1. The first-order valence-corrected chi connectivity index (χ1v) is 7.99. The molecule has 0 atom stereocenters. The van der Waals surface area contributed by atoms with E-state index in [1.54, 1.807) is 0 Å². The predicted molar refractivity (Wildman–Crippen MR) is 78.0 cm³/mol. The lowest BCUT2D eigenvalue weighted by Crippen LogP contribution is -2.46. The van der Waals surface area contributed by atoms with Gasteiger partial charge >= 0.3 is 0 Å². The summed E-state index contributed by atoms with van der Waals surface area (Å²) in [4.78, 5) is 7.84. The van der Waals surface area contributed by atoms with Crippen molar-refractivity contribution in [3.05, 3.63) is 0 Å². The van der Waals surface area contributed by atoms with Gasteiger partial charge in [0.2, 0.25) is 0 Å². The summed E-state index contributed by atoms with van der Waals surface area (Å²) >= 11 is 0. The van der Waals surface area contributed by atoms with Crippen molar-refractivity contribution in [3.8, 4) is 0 Å². The summed E-state index contributed by atoms with van der Waals surface area (Å²) in [5.74, 6) is 0.997. The fourth-order valence-corrected chi connectivity index (χ4v) is 3.29. The molecule has 2 aliphatic rings. The Morgan fingerprint density at radius 3 is 1.78 bits per heavy atom. The molecule has 2 aliphatic heterocycles. The van der Waals surface area contributed by atoms with Gasteiger partial charge in [-0.2, -0.15) is 0 Å². The number of likely N-dealkylation sites (N-methyl/N-ethyl adjacent to an activating group) is 1. The average Bonchev–Trinajstić information content (AvgIpc) is 2.46. The second-order valence-electron chi connectivity index (χ2n) is 5.94. The van der Waals surface area contributed by atoms with Crippen molar-refractivity contribution in [2.24, 2.45) is 5.92 Å². The van der Waals surface area contributed by atoms with Gasteiger partial charge in [-0.05, 0) is 57.9 Å². The van der Waals surface area contributed by atoms with E-state index in [0.29, 0.717) is 0 Å². The normalized spacial score (nSPS) is 25.7. The molecule has 3 nitrogen and oxygen atoms in total. The maximum absolute atomic E-state index is 2.68. The lowest BCUT2D eigenvalue weighted by molar-refractivity contribution is 0.120. The average molecular weight is 253 g/mol. The van der Waals surface area contributed by atoms with E-state index >= 15 is 0 Å². The quantitative estimate of drug-likeness (QED) is 0.739. The monoisotopic (exact) mass is 253 g/mol. The van der Waals surface area contributed by atoms with Gasteiger partial charge in [0.15, 0.2) is 0 Å². The fourth-order valence-electron chi connectivity index (χ4n) is 3.29.